The average molecular weight is 515 g/mol. The van der Waals surface area contributed by atoms with Crippen molar-refractivity contribution in [3.05, 3.63) is 77.6 Å². The zero-order valence-electron chi connectivity index (χ0n) is 20.7. The summed E-state index contributed by atoms with van der Waals surface area (Å²) in [5, 5.41) is 40.2. The van der Waals surface area contributed by atoms with Crippen molar-refractivity contribution < 1.29 is 44.1 Å². The van der Waals surface area contributed by atoms with Crippen molar-refractivity contribution in [2.45, 2.75) is 57.1 Å². The molecule has 2 aliphatic heterocycles. The number of fused-ring (bicyclic) bond motifs is 1. The Labute approximate surface area is 216 Å². The van der Waals surface area contributed by atoms with Gasteiger partial charge in [0, 0.05) is 6.07 Å². The molecule has 4 rings (SSSR count). The maximum Gasteiger partial charge on any atom is 0.229 e. The van der Waals surface area contributed by atoms with Gasteiger partial charge in [-0.3, -0.25) is 0 Å². The highest BCUT2D eigenvalue weighted by molar-refractivity contribution is 5.70. The summed E-state index contributed by atoms with van der Waals surface area (Å²) in [5.74, 6) is 1.83. The first-order valence-corrected chi connectivity index (χ1v) is 12.4. The molecule has 0 aliphatic carbocycles. The van der Waals surface area contributed by atoms with Gasteiger partial charge in [-0.1, -0.05) is 49.4 Å². The van der Waals surface area contributed by atoms with Crippen molar-refractivity contribution in [3.63, 3.8) is 0 Å². The predicted octanol–water partition coefficient (Wildman–Crippen LogP) is 2.52. The Morgan fingerprint density at radius 1 is 0.973 bits per heavy atom. The molecule has 5 atom stereocenters. The van der Waals surface area contributed by atoms with Gasteiger partial charge in [-0.05, 0) is 30.5 Å². The van der Waals surface area contributed by atoms with E-state index in [2.05, 4.69) is 19.1 Å². The molecule has 0 bridgehead atoms. The second kappa shape index (κ2) is 12.9. The standard InChI is InChI=1S/C28H34O9/c1-2-3-4-8-13-33-19-11-12-20-21(14-19)34-17-23(27(20)35-16-18-9-6-5-7-10-18)37-28-26(32)25(31)24(30)22(15-29)36-28/h3-7,9-12,14,22,24-26,28-32H,2,8,13,15-17H2,1H3/t22-,24-,25+,26-,28+/m1/s1. The number of ether oxygens (including phenoxy) is 5. The number of aliphatic hydroxyl groups is 4. The molecule has 0 aromatic heterocycles. The van der Waals surface area contributed by atoms with Crippen molar-refractivity contribution >= 4 is 5.76 Å². The molecule has 2 aliphatic rings. The SMILES string of the molecule is CCC=CCCOc1ccc2c(c1)OCC(O[C@@H]1O[C@H](CO)[C@@H](O)[C@H](O)[C@H]1O)=C2OCc1ccccc1. The molecule has 2 aromatic carbocycles. The first-order chi connectivity index (χ1) is 18.0. The van der Waals surface area contributed by atoms with Crippen molar-refractivity contribution in [2.75, 3.05) is 19.8 Å². The zero-order chi connectivity index (χ0) is 26.2. The summed E-state index contributed by atoms with van der Waals surface area (Å²) >= 11 is 0. The highest BCUT2D eigenvalue weighted by Crippen LogP contribution is 2.38. The highest BCUT2D eigenvalue weighted by Gasteiger charge is 2.45. The Morgan fingerprint density at radius 2 is 1.78 bits per heavy atom. The first kappa shape index (κ1) is 27.0. The Hall–Kier alpha value is -3.08. The van der Waals surface area contributed by atoms with Crippen LogP contribution in [0.5, 0.6) is 11.5 Å². The van der Waals surface area contributed by atoms with E-state index in [9.17, 15) is 20.4 Å². The van der Waals surface area contributed by atoms with Gasteiger partial charge in [0.05, 0.1) is 18.8 Å². The summed E-state index contributed by atoms with van der Waals surface area (Å²) in [6.45, 7) is 2.28. The number of benzene rings is 2. The lowest BCUT2D eigenvalue weighted by molar-refractivity contribution is -0.292. The number of aliphatic hydroxyl groups excluding tert-OH is 4. The summed E-state index contributed by atoms with van der Waals surface area (Å²) < 4.78 is 29.4. The smallest absolute Gasteiger partial charge is 0.229 e. The third kappa shape index (κ3) is 6.63. The van der Waals surface area contributed by atoms with Crippen LogP contribution in [0.25, 0.3) is 5.76 Å². The molecule has 4 N–H and O–H groups in total. The van der Waals surface area contributed by atoms with Crippen LogP contribution in [-0.4, -0.2) is 71.0 Å². The molecule has 0 amide bonds. The lowest BCUT2D eigenvalue weighted by Gasteiger charge is -2.40. The Balaban J connectivity index is 1.57. The molecule has 200 valence electrons. The topological polar surface area (TPSA) is 127 Å². The predicted molar refractivity (Wildman–Crippen MR) is 134 cm³/mol. The molecule has 2 aromatic rings. The van der Waals surface area contributed by atoms with E-state index in [1.807, 2.05) is 42.5 Å². The van der Waals surface area contributed by atoms with Crippen molar-refractivity contribution in [1.82, 2.24) is 0 Å². The maximum absolute atomic E-state index is 10.4. The van der Waals surface area contributed by atoms with Crippen LogP contribution in [0, 0.1) is 0 Å². The lowest BCUT2D eigenvalue weighted by Crippen LogP contribution is -2.59. The highest BCUT2D eigenvalue weighted by atomic mass is 16.7. The molecule has 0 spiro atoms. The minimum atomic E-state index is -1.56. The molecule has 1 saturated heterocycles. The fourth-order valence-corrected chi connectivity index (χ4v) is 4.07. The molecule has 0 radical (unpaired) electrons. The molecule has 2 heterocycles. The second-order valence-corrected chi connectivity index (χ2v) is 8.81. The molecular formula is C28H34O9. The van der Waals surface area contributed by atoms with E-state index in [4.69, 9.17) is 23.7 Å². The number of hydrogen-bond acceptors (Lipinski definition) is 9. The fourth-order valence-electron chi connectivity index (χ4n) is 4.07. The van der Waals surface area contributed by atoms with Crippen LogP contribution in [-0.2, 0) is 20.8 Å². The molecule has 1 fully saturated rings. The van der Waals surface area contributed by atoms with E-state index < -0.39 is 37.3 Å². The van der Waals surface area contributed by atoms with Crippen molar-refractivity contribution in [2.24, 2.45) is 0 Å². The molecule has 9 heteroatoms. The van der Waals surface area contributed by atoms with Gasteiger partial charge in [-0.2, -0.15) is 0 Å². The number of rotatable bonds is 11. The Kier molecular flexibility index (Phi) is 9.43. The van der Waals surface area contributed by atoms with Crippen LogP contribution in [0.15, 0.2) is 66.4 Å². The van der Waals surface area contributed by atoms with Gasteiger partial charge < -0.3 is 44.1 Å². The van der Waals surface area contributed by atoms with E-state index in [-0.39, 0.29) is 19.0 Å². The summed E-state index contributed by atoms with van der Waals surface area (Å²) in [5.41, 5.74) is 1.57. The quantitative estimate of drug-likeness (QED) is 0.264. The maximum atomic E-state index is 10.4. The summed E-state index contributed by atoms with van der Waals surface area (Å²) in [6.07, 6.45) is -1.10. The van der Waals surface area contributed by atoms with Crippen molar-refractivity contribution in [1.29, 1.82) is 0 Å². The first-order valence-electron chi connectivity index (χ1n) is 12.4. The van der Waals surface area contributed by atoms with E-state index in [1.54, 1.807) is 6.07 Å². The third-order valence-electron chi connectivity index (χ3n) is 6.10. The van der Waals surface area contributed by atoms with Crippen LogP contribution in [0.2, 0.25) is 0 Å². The van der Waals surface area contributed by atoms with Crippen LogP contribution in [0.4, 0.5) is 0 Å². The normalized spacial score (nSPS) is 25.5. The Morgan fingerprint density at radius 3 is 2.54 bits per heavy atom. The van der Waals surface area contributed by atoms with E-state index in [1.165, 1.54) is 0 Å². The van der Waals surface area contributed by atoms with Gasteiger partial charge in [0.15, 0.2) is 11.5 Å². The van der Waals surface area contributed by atoms with Gasteiger partial charge in [0.2, 0.25) is 6.29 Å². The van der Waals surface area contributed by atoms with Gasteiger partial charge in [-0.15, -0.1) is 0 Å². The minimum absolute atomic E-state index is 0.0329. The Bertz CT molecular complexity index is 1070. The van der Waals surface area contributed by atoms with Crippen molar-refractivity contribution in [3.8, 4) is 11.5 Å². The summed E-state index contributed by atoms with van der Waals surface area (Å²) in [6, 6.07) is 15.0. The fraction of sp³-hybridized carbons (Fsp3) is 0.429. The summed E-state index contributed by atoms with van der Waals surface area (Å²) in [7, 11) is 0. The zero-order valence-corrected chi connectivity index (χ0v) is 20.7. The molecule has 9 nitrogen and oxygen atoms in total. The minimum Gasteiger partial charge on any atom is -0.493 e. The van der Waals surface area contributed by atoms with E-state index in [0.717, 1.165) is 18.4 Å². The van der Waals surface area contributed by atoms with Crippen LogP contribution < -0.4 is 9.47 Å². The molecule has 37 heavy (non-hydrogen) atoms. The van der Waals surface area contributed by atoms with Gasteiger partial charge in [0.25, 0.3) is 0 Å². The number of allylic oxidation sites excluding steroid dienone is 1. The molecule has 0 saturated carbocycles. The van der Waals surface area contributed by atoms with Crippen LogP contribution >= 0.6 is 0 Å². The third-order valence-corrected chi connectivity index (χ3v) is 6.10. The average Bonchev–Trinajstić information content (AvgIpc) is 2.93. The van der Waals surface area contributed by atoms with E-state index in [0.29, 0.717) is 29.4 Å². The molecular weight excluding hydrogens is 480 g/mol. The summed E-state index contributed by atoms with van der Waals surface area (Å²) in [4.78, 5) is 0. The van der Waals surface area contributed by atoms with Gasteiger partial charge in [0.1, 0.15) is 49.1 Å². The number of hydrogen-bond donors (Lipinski definition) is 4. The second-order valence-electron chi connectivity index (χ2n) is 8.81. The van der Waals surface area contributed by atoms with Crippen LogP contribution in [0.3, 0.4) is 0 Å². The lowest BCUT2D eigenvalue weighted by atomic mass is 9.99. The monoisotopic (exact) mass is 514 g/mol. The largest absolute Gasteiger partial charge is 0.493 e. The van der Waals surface area contributed by atoms with Gasteiger partial charge in [-0.25, -0.2) is 0 Å². The van der Waals surface area contributed by atoms with Crippen LogP contribution in [0.1, 0.15) is 30.9 Å². The van der Waals surface area contributed by atoms with E-state index >= 15 is 0 Å². The van der Waals surface area contributed by atoms with Gasteiger partial charge >= 0.3 is 0 Å². The molecule has 0 unspecified atom stereocenters.